The third-order valence-electron chi connectivity index (χ3n) is 3.17. The molecule has 7 heteroatoms. The van der Waals surface area contributed by atoms with E-state index in [2.05, 4.69) is 4.72 Å². The molecular weight excluding hydrogens is 286 g/mol. The summed E-state index contributed by atoms with van der Waals surface area (Å²) in [6.45, 7) is 7.21. The summed E-state index contributed by atoms with van der Waals surface area (Å²) in [5, 5.41) is 9.12. The SMILES string of the molecule is CC[C@H](C)[C@H](NS(=O)(=O)c1cc(C)c(C)s1)C(=O)O. The molecule has 0 aromatic carbocycles. The number of hydrogen-bond acceptors (Lipinski definition) is 4. The van der Waals surface area contributed by atoms with E-state index in [0.717, 1.165) is 21.8 Å². The van der Waals surface area contributed by atoms with Crippen molar-refractivity contribution in [3.63, 3.8) is 0 Å². The number of thiophene rings is 1. The molecular formula is C12H19NO4S2. The molecule has 0 aliphatic heterocycles. The topological polar surface area (TPSA) is 83.5 Å². The second-order valence-electron chi connectivity index (χ2n) is 4.63. The van der Waals surface area contributed by atoms with Crippen molar-refractivity contribution in [2.24, 2.45) is 5.92 Å². The average molecular weight is 305 g/mol. The first-order chi connectivity index (χ1) is 8.69. The first-order valence-corrected chi connectivity index (χ1v) is 8.31. The molecule has 2 atom stereocenters. The molecule has 1 heterocycles. The van der Waals surface area contributed by atoms with Crippen molar-refractivity contribution >= 4 is 27.3 Å². The van der Waals surface area contributed by atoms with Gasteiger partial charge in [-0.15, -0.1) is 11.3 Å². The Hall–Kier alpha value is -0.920. The Morgan fingerprint density at radius 3 is 2.42 bits per heavy atom. The number of rotatable bonds is 6. The predicted octanol–water partition coefficient (Wildman–Crippen LogP) is 2.14. The molecule has 1 rings (SSSR count). The van der Waals surface area contributed by atoms with Gasteiger partial charge >= 0.3 is 5.97 Å². The summed E-state index contributed by atoms with van der Waals surface area (Å²) in [6, 6.07) is 0.468. The lowest BCUT2D eigenvalue weighted by Crippen LogP contribution is -2.44. The van der Waals surface area contributed by atoms with Gasteiger partial charge in [0.1, 0.15) is 10.3 Å². The molecule has 0 amide bonds. The van der Waals surface area contributed by atoms with Crippen molar-refractivity contribution in [1.29, 1.82) is 0 Å². The summed E-state index contributed by atoms with van der Waals surface area (Å²) in [6.07, 6.45) is 0.585. The first kappa shape index (κ1) is 16.1. The number of carboxylic acids is 1. The summed E-state index contributed by atoms with van der Waals surface area (Å²) in [4.78, 5) is 12.1. The molecule has 0 saturated heterocycles. The minimum atomic E-state index is -3.77. The van der Waals surface area contributed by atoms with E-state index >= 15 is 0 Å². The highest BCUT2D eigenvalue weighted by atomic mass is 32.2. The summed E-state index contributed by atoms with van der Waals surface area (Å²) >= 11 is 1.15. The van der Waals surface area contributed by atoms with Crippen LogP contribution in [0.15, 0.2) is 10.3 Å². The average Bonchev–Trinajstić information content (AvgIpc) is 2.66. The maximum Gasteiger partial charge on any atom is 0.322 e. The van der Waals surface area contributed by atoms with E-state index < -0.39 is 22.0 Å². The van der Waals surface area contributed by atoms with Gasteiger partial charge in [0.2, 0.25) is 0 Å². The predicted molar refractivity (Wildman–Crippen MR) is 75.0 cm³/mol. The maximum absolute atomic E-state index is 12.2. The fourth-order valence-electron chi connectivity index (χ4n) is 1.54. The van der Waals surface area contributed by atoms with E-state index in [-0.39, 0.29) is 10.1 Å². The van der Waals surface area contributed by atoms with E-state index in [1.165, 1.54) is 0 Å². The summed E-state index contributed by atoms with van der Waals surface area (Å²) in [5.74, 6) is -1.42. The van der Waals surface area contributed by atoms with E-state index in [9.17, 15) is 13.2 Å². The van der Waals surface area contributed by atoms with E-state index in [1.54, 1.807) is 13.0 Å². The zero-order valence-electron chi connectivity index (χ0n) is 11.4. The molecule has 0 spiro atoms. The minimum absolute atomic E-state index is 0.164. The van der Waals surface area contributed by atoms with Crippen molar-refractivity contribution in [2.75, 3.05) is 0 Å². The van der Waals surface area contributed by atoms with Gasteiger partial charge in [-0.25, -0.2) is 8.42 Å². The van der Waals surface area contributed by atoms with Gasteiger partial charge in [-0.2, -0.15) is 4.72 Å². The van der Waals surface area contributed by atoms with E-state index in [1.807, 2.05) is 20.8 Å². The second kappa shape index (κ2) is 6.02. The van der Waals surface area contributed by atoms with Crippen molar-refractivity contribution in [3.8, 4) is 0 Å². The van der Waals surface area contributed by atoms with E-state index in [0.29, 0.717) is 6.42 Å². The zero-order chi connectivity index (χ0) is 14.8. The van der Waals surface area contributed by atoms with Crippen LogP contribution in [0.2, 0.25) is 0 Å². The summed E-state index contributed by atoms with van der Waals surface area (Å²) in [7, 11) is -3.77. The Morgan fingerprint density at radius 1 is 1.47 bits per heavy atom. The minimum Gasteiger partial charge on any atom is -0.480 e. The van der Waals surface area contributed by atoms with Gasteiger partial charge < -0.3 is 5.11 Å². The van der Waals surface area contributed by atoms with Crippen LogP contribution in [0.25, 0.3) is 0 Å². The Balaban J connectivity index is 3.04. The molecule has 0 saturated carbocycles. The van der Waals surface area contributed by atoms with Gasteiger partial charge in [0, 0.05) is 4.88 Å². The number of hydrogen-bond donors (Lipinski definition) is 2. The van der Waals surface area contributed by atoms with Crippen LogP contribution < -0.4 is 4.72 Å². The largest absolute Gasteiger partial charge is 0.480 e. The molecule has 0 bridgehead atoms. The highest BCUT2D eigenvalue weighted by molar-refractivity contribution is 7.91. The molecule has 1 aromatic heterocycles. The normalized spacial score (nSPS) is 15.2. The number of aryl methyl sites for hydroxylation is 2. The van der Waals surface area contributed by atoms with Crippen LogP contribution in [0.1, 0.15) is 30.7 Å². The van der Waals surface area contributed by atoms with Crippen LogP contribution in [-0.4, -0.2) is 25.5 Å². The highest BCUT2D eigenvalue weighted by Crippen LogP contribution is 2.25. The number of sulfonamides is 1. The van der Waals surface area contributed by atoms with Crippen molar-refractivity contribution in [2.45, 2.75) is 44.4 Å². The van der Waals surface area contributed by atoms with Gasteiger partial charge in [0.05, 0.1) is 0 Å². The van der Waals surface area contributed by atoms with Gasteiger partial charge in [0.25, 0.3) is 10.0 Å². The van der Waals surface area contributed by atoms with E-state index in [4.69, 9.17) is 5.11 Å². The summed E-state index contributed by atoms with van der Waals surface area (Å²) in [5.41, 5.74) is 0.890. The lowest BCUT2D eigenvalue weighted by atomic mass is 10.0. The van der Waals surface area contributed by atoms with Gasteiger partial charge in [0.15, 0.2) is 0 Å². The van der Waals surface area contributed by atoms with Crippen molar-refractivity contribution in [1.82, 2.24) is 4.72 Å². The molecule has 5 nitrogen and oxygen atoms in total. The number of aliphatic carboxylic acids is 1. The van der Waals surface area contributed by atoms with Crippen LogP contribution in [0, 0.1) is 19.8 Å². The van der Waals surface area contributed by atoms with Crippen LogP contribution in [0.4, 0.5) is 0 Å². The van der Waals surface area contributed by atoms with Crippen LogP contribution >= 0.6 is 11.3 Å². The number of carboxylic acid groups (broad SMARTS) is 1. The zero-order valence-corrected chi connectivity index (χ0v) is 13.1. The molecule has 2 N–H and O–H groups in total. The molecule has 0 radical (unpaired) electrons. The lowest BCUT2D eigenvalue weighted by Gasteiger charge is -2.19. The molecule has 1 aromatic rings. The Morgan fingerprint density at radius 2 is 2.05 bits per heavy atom. The standard InChI is InChI=1S/C12H19NO4S2/c1-5-7(2)11(12(14)15)13-19(16,17)10-6-8(3)9(4)18-10/h6-7,11,13H,5H2,1-4H3,(H,14,15)/t7-,11-/m0/s1. The van der Waals surface area contributed by atoms with Gasteiger partial charge in [-0.1, -0.05) is 20.3 Å². The smallest absolute Gasteiger partial charge is 0.322 e. The van der Waals surface area contributed by atoms with Crippen molar-refractivity contribution < 1.29 is 18.3 Å². The Kier molecular flexibility index (Phi) is 5.11. The number of nitrogens with one attached hydrogen (secondary N) is 1. The number of carbonyl (C=O) groups is 1. The Labute approximate surface area is 117 Å². The fourth-order valence-corrected chi connectivity index (χ4v) is 4.37. The second-order valence-corrected chi connectivity index (χ2v) is 7.82. The monoisotopic (exact) mass is 305 g/mol. The van der Waals surface area contributed by atoms with Crippen LogP contribution in [-0.2, 0) is 14.8 Å². The molecule has 0 fully saturated rings. The third kappa shape index (κ3) is 3.77. The maximum atomic E-state index is 12.2. The van der Waals surface area contributed by atoms with Crippen molar-refractivity contribution in [3.05, 3.63) is 16.5 Å². The quantitative estimate of drug-likeness (QED) is 0.843. The lowest BCUT2D eigenvalue weighted by molar-refractivity contribution is -0.140. The molecule has 0 aliphatic carbocycles. The molecule has 108 valence electrons. The Bertz CT molecular complexity index is 543. The van der Waals surface area contributed by atoms with Gasteiger partial charge in [-0.05, 0) is 31.4 Å². The first-order valence-electron chi connectivity index (χ1n) is 6.01. The molecule has 0 unspecified atom stereocenters. The third-order valence-corrected chi connectivity index (χ3v) is 6.24. The molecule has 0 aliphatic rings. The highest BCUT2D eigenvalue weighted by Gasteiger charge is 2.30. The van der Waals surface area contributed by atoms with Crippen LogP contribution in [0.5, 0.6) is 0 Å². The van der Waals surface area contributed by atoms with Crippen LogP contribution in [0.3, 0.4) is 0 Å². The molecule has 19 heavy (non-hydrogen) atoms. The summed E-state index contributed by atoms with van der Waals surface area (Å²) < 4.78 is 26.8. The van der Waals surface area contributed by atoms with Gasteiger partial charge in [-0.3, -0.25) is 4.79 Å². The fraction of sp³-hybridized carbons (Fsp3) is 0.583.